The van der Waals surface area contributed by atoms with Crippen LogP contribution in [0.2, 0.25) is 0 Å². The summed E-state index contributed by atoms with van der Waals surface area (Å²) in [5.74, 6) is 0.662. The van der Waals surface area contributed by atoms with E-state index in [1.807, 2.05) is 0 Å². The quantitative estimate of drug-likeness (QED) is 0.750. The first-order valence-electron chi connectivity index (χ1n) is 5.37. The predicted octanol–water partition coefficient (Wildman–Crippen LogP) is 1.17. The second-order valence-corrected chi connectivity index (χ2v) is 4.03. The van der Waals surface area contributed by atoms with Crippen molar-refractivity contribution in [1.82, 2.24) is 5.32 Å². The second-order valence-electron chi connectivity index (χ2n) is 4.03. The molecule has 2 rings (SSSR count). The van der Waals surface area contributed by atoms with Crippen molar-refractivity contribution in [3.05, 3.63) is 35.9 Å². The number of hydrogen-bond donors (Lipinski definition) is 2. The van der Waals surface area contributed by atoms with E-state index in [9.17, 15) is 0 Å². The molecule has 0 bridgehead atoms. The molecule has 0 spiro atoms. The second kappa shape index (κ2) is 4.58. The van der Waals surface area contributed by atoms with E-state index in [0.717, 1.165) is 19.5 Å². The van der Waals surface area contributed by atoms with E-state index in [1.165, 1.54) is 12.0 Å². The molecule has 2 nitrogen and oxygen atoms in total. The molecule has 1 heterocycles. The van der Waals surface area contributed by atoms with Gasteiger partial charge in [-0.15, -0.1) is 0 Å². The van der Waals surface area contributed by atoms with Crippen LogP contribution in [0.4, 0.5) is 0 Å². The van der Waals surface area contributed by atoms with Crippen molar-refractivity contribution >= 4 is 0 Å². The van der Waals surface area contributed by atoms with Gasteiger partial charge in [-0.25, -0.2) is 0 Å². The Morgan fingerprint density at radius 1 is 1.29 bits per heavy atom. The largest absolute Gasteiger partial charge is 0.330 e. The van der Waals surface area contributed by atoms with Gasteiger partial charge in [0, 0.05) is 6.04 Å². The van der Waals surface area contributed by atoms with Gasteiger partial charge in [0.1, 0.15) is 0 Å². The number of nitrogens with one attached hydrogen (secondary N) is 1. The summed E-state index contributed by atoms with van der Waals surface area (Å²) >= 11 is 0. The van der Waals surface area contributed by atoms with Crippen LogP contribution in [0, 0.1) is 5.92 Å². The minimum Gasteiger partial charge on any atom is -0.330 e. The summed E-state index contributed by atoms with van der Waals surface area (Å²) in [4.78, 5) is 0. The minimum absolute atomic E-state index is 0.586. The van der Waals surface area contributed by atoms with Gasteiger partial charge in [0.05, 0.1) is 0 Å². The van der Waals surface area contributed by atoms with E-state index in [4.69, 9.17) is 5.73 Å². The Bertz CT molecular complexity index is 271. The number of nitrogens with two attached hydrogens (primary N) is 1. The van der Waals surface area contributed by atoms with Gasteiger partial charge in [0.25, 0.3) is 0 Å². The Balaban J connectivity index is 1.97. The summed E-state index contributed by atoms with van der Waals surface area (Å²) in [6.45, 7) is 1.93. The van der Waals surface area contributed by atoms with Crippen molar-refractivity contribution in [2.75, 3.05) is 13.1 Å². The maximum Gasteiger partial charge on any atom is 0.0148 e. The van der Waals surface area contributed by atoms with Crippen LogP contribution in [0.1, 0.15) is 12.0 Å². The lowest BCUT2D eigenvalue weighted by molar-refractivity contribution is 0.454. The van der Waals surface area contributed by atoms with Crippen LogP contribution in [0.15, 0.2) is 30.3 Å². The summed E-state index contributed by atoms with van der Waals surface area (Å²) < 4.78 is 0. The average Bonchev–Trinajstić information content (AvgIpc) is 2.67. The highest BCUT2D eigenvalue weighted by Gasteiger charge is 2.25. The van der Waals surface area contributed by atoms with Gasteiger partial charge in [-0.05, 0) is 37.4 Å². The van der Waals surface area contributed by atoms with Crippen molar-refractivity contribution in [3.63, 3.8) is 0 Å². The zero-order chi connectivity index (χ0) is 9.80. The topological polar surface area (TPSA) is 38.0 Å². The molecule has 0 aromatic heterocycles. The third-order valence-electron chi connectivity index (χ3n) is 3.09. The van der Waals surface area contributed by atoms with Gasteiger partial charge < -0.3 is 11.1 Å². The Kier molecular flexibility index (Phi) is 3.17. The molecule has 2 unspecified atom stereocenters. The van der Waals surface area contributed by atoms with E-state index in [0.29, 0.717) is 12.0 Å². The molecule has 76 valence electrons. The summed E-state index contributed by atoms with van der Waals surface area (Å²) in [6.07, 6.45) is 2.34. The number of rotatable bonds is 3. The standard InChI is InChI=1S/C12H18N2/c13-9-11-6-7-14-12(11)8-10-4-2-1-3-5-10/h1-5,11-12,14H,6-9,13H2. The van der Waals surface area contributed by atoms with Gasteiger partial charge in [-0.2, -0.15) is 0 Å². The maximum atomic E-state index is 5.74. The maximum absolute atomic E-state index is 5.74. The third kappa shape index (κ3) is 2.14. The summed E-state index contributed by atoms with van der Waals surface area (Å²) in [5.41, 5.74) is 7.15. The molecule has 0 radical (unpaired) electrons. The Labute approximate surface area is 85.5 Å². The molecule has 3 N–H and O–H groups in total. The van der Waals surface area contributed by atoms with Crippen LogP contribution >= 0.6 is 0 Å². The predicted molar refractivity (Wildman–Crippen MR) is 59.1 cm³/mol. The smallest absolute Gasteiger partial charge is 0.0148 e. The molecule has 14 heavy (non-hydrogen) atoms. The van der Waals surface area contributed by atoms with E-state index in [2.05, 4.69) is 35.6 Å². The molecule has 1 aliphatic heterocycles. The van der Waals surface area contributed by atoms with E-state index in [-0.39, 0.29) is 0 Å². The monoisotopic (exact) mass is 190 g/mol. The molecule has 1 aliphatic rings. The highest BCUT2D eigenvalue weighted by molar-refractivity contribution is 5.16. The molecular formula is C12H18N2. The van der Waals surface area contributed by atoms with Crippen molar-refractivity contribution in [2.24, 2.45) is 11.7 Å². The Morgan fingerprint density at radius 2 is 2.07 bits per heavy atom. The van der Waals surface area contributed by atoms with E-state index >= 15 is 0 Å². The molecule has 0 amide bonds. The molecular weight excluding hydrogens is 172 g/mol. The normalized spacial score (nSPS) is 26.6. The molecule has 1 fully saturated rings. The molecule has 2 heteroatoms. The lowest BCUT2D eigenvalue weighted by atomic mass is 9.95. The molecule has 2 atom stereocenters. The fourth-order valence-corrected chi connectivity index (χ4v) is 2.21. The van der Waals surface area contributed by atoms with Crippen molar-refractivity contribution in [2.45, 2.75) is 18.9 Å². The molecule has 1 saturated heterocycles. The van der Waals surface area contributed by atoms with Crippen LogP contribution in [-0.2, 0) is 6.42 Å². The van der Waals surface area contributed by atoms with Crippen molar-refractivity contribution in [3.8, 4) is 0 Å². The summed E-state index contributed by atoms with van der Waals surface area (Å²) in [7, 11) is 0. The van der Waals surface area contributed by atoms with Gasteiger partial charge in [-0.3, -0.25) is 0 Å². The lowest BCUT2D eigenvalue weighted by Gasteiger charge is -2.17. The van der Waals surface area contributed by atoms with Crippen LogP contribution in [0.25, 0.3) is 0 Å². The lowest BCUT2D eigenvalue weighted by Crippen LogP contribution is -2.32. The van der Waals surface area contributed by atoms with Crippen LogP contribution in [0.3, 0.4) is 0 Å². The molecule has 1 aromatic carbocycles. The SMILES string of the molecule is NCC1CCNC1Cc1ccccc1. The van der Waals surface area contributed by atoms with Gasteiger partial charge in [0.2, 0.25) is 0 Å². The van der Waals surface area contributed by atoms with Gasteiger partial charge in [0.15, 0.2) is 0 Å². The molecule has 1 aromatic rings. The van der Waals surface area contributed by atoms with Crippen LogP contribution < -0.4 is 11.1 Å². The Morgan fingerprint density at radius 3 is 2.79 bits per heavy atom. The van der Waals surface area contributed by atoms with Gasteiger partial charge in [-0.1, -0.05) is 30.3 Å². The summed E-state index contributed by atoms with van der Waals surface area (Å²) in [5, 5.41) is 3.53. The highest BCUT2D eigenvalue weighted by atomic mass is 15.0. The van der Waals surface area contributed by atoms with Crippen LogP contribution in [-0.4, -0.2) is 19.1 Å². The highest BCUT2D eigenvalue weighted by Crippen LogP contribution is 2.17. The first-order chi connectivity index (χ1) is 6.90. The first-order valence-corrected chi connectivity index (χ1v) is 5.37. The fourth-order valence-electron chi connectivity index (χ4n) is 2.21. The number of hydrogen-bond acceptors (Lipinski definition) is 2. The number of benzene rings is 1. The van der Waals surface area contributed by atoms with E-state index < -0.39 is 0 Å². The van der Waals surface area contributed by atoms with E-state index in [1.54, 1.807) is 0 Å². The summed E-state index contributed by atoms with van der Waals surface area (Å²) in [6, 6.07) is 11.2. The fraction of sp³-hybridized carbons (Fsp3) is 0.500. The molecule has 0 saturated carbocycles. The molecule has 0 aliphatic carbocycles. The zero-order valence-electron chi connectivity index (χ0n) is 8.45. The zero-order valence-corrected chi connectivity index (χ0v) is 8.45. The minimum atomic E-state index is 0.586. The Hall–Kier alpha value is -0.860. The average molecular weight is 190 g/mol. The van der Waals surface area contributed by atoms with Gasteiger partial charge >= 0.3 is 0 Å². The van der Waals surface area contributed by atoms with Crippen LogP contribution in [0.5, 0.6) is 0 Å². The third-order valence-corrected chi connectivity index (χ3v) is 3.09. The first kappa shape index (κ1) is 9.69. The van der Waals surface area contributed by atoms with Crippen molar-refractivity contribution in [1.29, 1.82) is 0 Å². The van der Waals surface area contributed by atoms with Crippen molar-refractivity contribution < 1.29 is 0 Å².